The standard InChI is InChI=1S/C12H25NO/c1-4-12(10(2)3)13-9-11-7-5-6-8-14-11/h10-13H,4-9H2,1-3H3. The summed E-state index contributed by atoms with van der Waals surface area (Å²) < 4.78 is 5.69. The summed E-state index contributed by atoms with van der Waals surface area (Å²) in [5.74, 6) is 0.726. The van der Waals surface area contributed by atoms with Gasteiger partial charge in [-0.3, -0.25) is 0 Å². The van der Waals surface area contributed by atoms with Crippen LogP contribution in [0.25, 0.3) is 0 Å². The van der Waals surface area contributed by atoms with Crippen LogP contribution >= 0.6 is 0 Å². The van der Waals surface area contributed by atoms with Crippen molar-refractivity contribution in [3.05, 3.63) is 0 Å². The Morgan fingerprint density at radius 3 is 2.64 bits per heavy atom. The first-order chi connectivity index (χ1) is 6.74. The molecule has 0 amide bonds. The van der Waals surface area contributed by atoms with Gasteiger partial charge in [-0.05, 0) is 31.6 Å². The fraction of sp³-hybridized carbons (Fsp3) is 1.00. The first-order valence-corrected chi connectivity index (χ1v) is 6.09. The molecule has 2 atom stereocenters. The third-order valence-electron chi connectivity index (χ3n) is 3.13. The first-order valence-electron chi connectivity index (χ1n) is 6.09. The minimum atomic E-state index is 0.469. The van der Waals surface area contributed by atoms with E-state index in [9.17, 15) is 0 Å². The SMILES string of the molecule is CCC(NCC1CCCCO1)C(C)C. The van der Waals surface area contributed by atoms with Crippen molar-refractivity contribution in [2.75, 3.05) is 13.2 Å². The van der Waals surface area contributed by atoms with Crippen molar-refractivity contribution < 1.29 is 4.74 Å². The summed E-state index contributed by atoms with van der Waals surface area (Å²) in [7, 11) is 0. The maximum absolute atomic E-state index is 5.69. The van der Waals surface area contributed by atoms with Crippen molar-refractivity contribution in [2.24, 2.45) is 5.92 Å². The summed E-state index contributed by atoms with van der Waals surface area (Å²) in [6, 6.07) is 0.653. The lowest BCUT2D eigenvalue weighted by Crippen LogP contribution is -2.40. The van der Waals surface area contributed by atoms with E-state index in [0.717, 1.165) is 19.1 Å². The Bertz CT molecular complexity index is 141. The molecule has 84 valence electrons. The van der Waals surface area contributed by atoms with Crippen molar-refractivity contribution in [3.63, 3.8) is 0 Å². The van der Waals surface area contributed by atoms with Crippen LogP contribution in [0.2, 0.25) is 0 Å². The van der Waals surface area contributed by atoms with Gasteiger partial charge in [-0.2, -0.15) is 0 Å². The van der Waals surface area contributed by atoms with E-state index in [0.29, 0.717) is 12.1 Å². The third-order valence-corrected chi connectivity index (χ3v) is 3.13. The highest BCUT2D eigenvalue weighted by molar-refractivity contribution is 4.73. The number of hydrogen-bond acceptors (Lipinski definition) is 2. The molecule has 0 bridgehead atoms. The number of nitrogens with one attached hydrogen (secondary N) is 1. The van der Waals surface area contributed by atoms with E-state index in [4.69, 9.17) is 4.74 Å². The van der Waals surface area contributed by atoms with Gasteiger partial charge < -0.3 is 10.1 Å². The van der Waals surface area contributed by atoms with E-state index in [1.54, 1.807) is 0 Å². The van der Waals surface area contributed by atoms with Crippen LogP contribution in [0.4, 0.5) is 0 Å². The highest BCUT2D eigenvalue weighted by Crippen LogP contribution is 2.13. The maximum Gasteiger partial charge on any atom is 0.0699 e. The van der Waals surface area contributed by atoms with Gasteiger partial charge in [0, 0.05) is 19.2 Å². The molecule has 1 rings (SSSR count). The lowest BCUT2D eigenvalue weighted by Gasteiger charge is -2.27. The largest absolute Gasteiger partial charge is 0.377 e. The molecule has 0 aromatic rings. The van der Waals surface area contributed by atoms with Gasteiger partial charge in [-0.1, -0.05) is 20.8 Å². The van der Waals surface area contributed by atoms with Gasteiger partial charge in [0.15, 0.2) is 0 Å². The number of ether oxygens (including phenoxy) is 1. The van der Waals surface area contributed by atoms with Gasteiger partial charge in [0.05, 0.1) is 6.10 Å². The Labute approximate surface area is 88.4 Å². The average Bonchev–Trinajstić information content (AvgIpc) is 2.20. The topological polar surface area (TPSA) is 21.3 Å². The average molecular weight is 199 g/mol. The second-order valence-corrected chi connectivity index (χ2v) is 4.66. The zero-order valence-electron chi connectivity index (χ0n) is 9.88. The lowest BCUT2D eigenvalue weighted by molar-refractivity contribution is 0.0144. The predicted molar refractivity (Wildman–Crippen MR) is 60.5 cm³/mol. The molecule has 0 spiro atoms. The van der Waals surface area contributed by atoms with Crippen LogP contribution in [0.15, 0.2) is 0 Å². The third kappa shape index (κ3) is 3.97. The van der Waals surface area contributed by atoms with Crippen molar-refractivity contribution >= 4 is 0 Å². The molecule has 14 heavy (non-hydrogen) atoms. The van der Waals surface area contributed by atoms with E-state index in [1.165, 1.54) is 25.7 Å². The number of hydrogen-bond donors (Lipinski definition) is 1. The lowest BCUT2D eigenvalue weighted by atomic mass is 10.0. The second-order valence-electron chi connectivity index (χ2n) is 4.66. The summed E-state index contributed by atoms with van der Waals surface area (Å²) >= 11 is 0. The van der Waals surface area contributed by atoms with E-state index < -0.39 is 0 Å². The molecule has 1 fully saturated rings. The van der Waals surface area contributed by atoms with Gasteiger partial charge in [-0.25, -0.2) is 0 Å². The van der Waals surface area contributed by atoms with Gasteiger partial charge in [0.2, 0.25) is 0 Å². The van der Waals surface area contributed by atoms with Gasteiger partial charge >= 0.3 is 0 Å². The highest BCUT2D eigenvalue weighted by atomic mass is 16.5. The van der Waals surface area contributed by atoms with Crippen LogP contribution in [0.3, 0.4) is 0 Å². The Morgan fingerprint density at radius 2 is 2.14 bits per heavy atom. The van der Waals surface area contributed by atoms with Crippen molar-refractivity contribution in [2.45, 2.75) is 58.6 Å². The summed E-state index contributed by atoms with van der Waals surface area (Å²) in [4.78, 5) is 0. The number of rotatable bonds is 5. The van der Waals surface area contributed by atoms with Crippen LogP contribution in [-0.4, -0.2) is 25.3 Å². The van der Waals surface area contributed by atoms with Crippen LogP contribution in [-0.2, 0) is 4.74 Å². The smallest absolute Gasteiger partial charge is 0.0699 e. The van der Waals surface area contributed by atoms with Gasteiger partial charge in [0.1, 0.15) is 0 Å². The summed E-state index contributed by atoms with van der Waals surface area (Å²) in [6.45, 7) is 8.81. The summed E-state index contributed by atoms with van der Waals surface area (Å²) in [6.07, 6.45) is 5.51. The molecule has 0 radical (unpaired) electrons. The molecule has 0 aromatic heterocycles. The minimum absolute atomic E-state index is 0.469. The normalized spacial score (nSPS) is 25.3. The van der Waals surface area contributed by atoms with Crippen LogP contribution in [0.1, 0.15) is 46.5 Å². The fourth-order valence-corrected chi connectivity index (χ4v) is 2.10. The Hall–Kier alpha value is -0.0800. The molecule has 2 heteroatoms. The Morgan fingerprint density at radius 1 is 1.36 bits per heavy atom. The molecule has 2 nitrogen and oxygen atoms in total. The van der Waals surface area contributed by atoms with E-state index >= 15 is 0 Å². The molecule has 1 N–H and O–H groups in total. The molecular formula is C12H25NO. The molecule has 2 unspecified atom stereocenters. The van der Waals surface area contributed by atoms with Crippen molar-refractivity contribution in [1.82, 2.24) is 5.32 Å². The Balaban J connectivity index is 2.16. The molecule has 1 aliphatic rings. The molecular weight excluding hydrogens is 174 g/mol. The van der Waals surface area contributed by atoms with Gasteiger partial charge in [0.25, 0.3) is 0 Å². The van der Waals surface area contributed by atoms with Crippen molar-refractivity contribution in [3.8, 4) is 0 Å². The second kappa shape index (κ2) is 6.41. The van der Waals surface area contributed by atoms with Crippen LogP contribution < -0.4 is 5.32 Å². The highest BCUT2D eigenvalue weighted by Gasteiger charge is 2.16. The van der Waals surface area contributed by atoms with Crippen LogP contribution in [0, 0.1) is 5.92 Å². The molecule has 1 aliphatic heterocycles. The van der Waals surface area contributed by atoms with E-state index in [1.807, 2.05) is 0 Å². The van der Waals surface area contributed by atoms with E-state index in [-0.39, 0.29) is 0 Å². The fourth-order valence-electron chi connectivity index (χ4n) is 2.10. The zero-order valence-corrected chi connectivity index (χ0v) is 9.88. The molecule has 0 aliphatic carbocycles. The van der Waals surface area contributed by atoms with Gasteiger partial charge in [-0.15, -0.1) is 0 Å². The molecule has 1 saturated heterocycles. The summed E-state index contributed by atoms with van der Waals surface area (Å²) in [5, 5.41) is 3.61. The quantitative estimate of drug-likeness (QED) is 0.735. The molecule has 0 aromatic carbocycles. The maximum atomic E-state index is 5.69. The first kappa shape index (κ1) is 12.0. The zero-order chi connectivity index (χ0) is 10.4. The Kier molecular flexibility index (Phi) is 5.49. The van der Waals surface area contributed by atoms with Crippen LogP contribution in [0.5, 0.6) is 0 Å². The predicted octanol–water partition coefficient (Wildman–Crippen LogP) is 2.58. The molecule has 1 heterocycles. The van der Waals surface area contributed by atoms with Crippen molar-refractivity contribution in [1.29, 1.82) is 0 Å². The summed E-state index contributed by atoms with van der Waals surface area (Å²) in [5.41, 5.74) is 0. The monoisotopic (exact) mass is 199 g/mol. The van der Waals surface area contributed by atoms with E-state index in [2.05, 4.69) is 26.1 Å². The molecule has 0 saturated carbocycles. The minimum Gasteiger partial charge on any atom is -0.377 e.